The summed E-state index contributed by atoms with van der Waals surface area (Å²) in [5.74, 6) is -0.291. The molecule has 136 valence electrons. The summed E-state index contributed by atoms with van der Waals surface area (Å²) in [6.45, 7) is 1.31. The molecule has 0 spiro atoms. The quantitative estimate of drug-likeness (QED) is 0.561. The number of hydrogen-bond acceptors (Lipinski definition) is 4. The Morgan fingerprint density at radius 3 is 2.81 bits per heavy atom. The lowest BCUT2D eigenvalue weighted by atomic mass is 10.1. The summed E-state index contributed by atoms with van der Waals surface area (Å²) in [5.41, 5.74) is 2.84. The van der Waals surface area contributed by atoms with E-state index in [4.69, 9.17) is 4.74 Å². The predicted octanol–water partition coefficient (Wildman–Crippen LogP) is 3.03. The number of nitrogens with zero attached hydrogens (tertiary/aromatic N) is 4. The molecule has 5 rings (SSSR count). The maximum atomic E-state index is 13.2. The normalized spacial score (nSPS) is 17.1. The standard InChI is InChI=1S/C20H17FN4O2/c21-14-5-3-13(4-6-14)16-11-23-25-18-7-8-24(12-15-2-1-9-27-15)20(26)17(18)10-22-19(16)25/h3-8,10-11,15H,1-2,9,12H2/t15-/m1/s1. The summed E-state index contributed by atoms with van der Waals surface area (Å²) in [6, 6.07) is 8.07. The third kappa shape index (κ3) is 2.71. The summed E-state index contributed by atoms with van der Waals surface area (Å²) in [4.78, 5) is 17.3. The number of fused-ring (bicyclic) bond motifs is 3. The van der Waals surface area contributed by atoms with Crippen LogP contribution in [0.5, 0.6) is 0 Å². The van der Waals surface area contributed by atoms with Crippen LogP contribution in [0.15, 0.2) is 53.7 Å². The molecular formula is C20H17FN4O2. The molecule has 1 atom stereocenters. The van der Waals surface area contributed by atoms with Gasteiger partial charge >= 0.3 is 0 Å². The van der Waals surface area contributed by atoms with Crippen molar-refractivity contribution < 1.29 is 9.13 Å². The molecular weight excluding hydrogens is 347 g/mol. The van der Waals surface area contributed by atoms with Crippen molar-refractivity contribution in [3.8, 4) is 11.1 Å². The molecule has 27 heavy (non-hydrogen) atoms. The molecule has 0 radical (unpaired) electrons. The lowest BCUT2D eigenvalue weighted by Gasteiger charge is -2.12. The van der Waals surface area contributed by atoms with Gasteiger partial charge in [-0.1, -0.05) is 12.1 Å². The number of halogens is 1. The van der Waals surface area contributed by atoms with Crippen molar-refractivity contribution in [2.45, 2.75) is 25.5 Å². The number of aromatic nitrogens is 4. The fraction of sp³-hybridized carbons (Fsp3) is 0.250. The maximum Gasteiger partial charge on any atom is 0.261 e. The maximum absolute atomic E-state index is 13.2. The Hall–Kier alpha value is -3.06. The summed E-state index contributed by atoms with van der Waals surface area (Å²) in [7, 11) is 0. The van der Waals surface area contributed by atoms with E-state index < -0.39 is 0 Å². The highest BCUT2D eigenvalue weighted by Crippen LogP contribution is 2.25. The molecule has 1 fully saturated rings. The highest BCUT2D eigenvalue weighted by molar-refractivity contribution is 5.84. The second-order valence-corrected chi connectivity index (χ2v) is 6.77. The third-order valence-electron chi connectivity index (χ3n) is 5.05. The number of ether oxygens (including phenoxy) is 1. The molecule has 1 aromatic carbocycles. The van der Waals surface area contributed by atoms with Crippen molar-refractivity contribution in [2.75, 3.05) is 6.61 Å². The van der Waals surface area contributed by atoms with E-state index in [1.165, 1.54) is 12.1 Å². The predicted molar refractivity (Wildman–Crippen MR) is 99.1 cm³/mol. The van der Waals surface area contributed by atoms with Crippen LogP contribution in [0.1, 0.15) is 12.8 Å². The highest BCUT2D eigenvalue weighted by Gasteiger charge is 2.18. The average Bonchev–Trinajstić information content (AvgIpc) is 3.34. The summed E-state index contributed by atoms with van der Waals surface area (Å²) in [6.07, 6.45) is 7.16. The monoisotopic (exact) mass is 364 g/mol. The fourth-order valence-corrected chi connectivity index (χ4v) is 3.64. The second kappa shape index (κ2) is 6.28. The van der Waals surface area contributed by atoms with E-state index in [0.29, 0.717) is 23.1 Å². The molecule has 0 bridgehead atoms. The minimum absolute atomic E-state index is 0.0895. The van der Waals surface area contributed by atoms with Crippen molar-refractivity contribution in [2.24, 2.45) is 0 Å². The Morgan fingerprint density at radius 2 is 2.04 bits per heavy atom. The van der Waals surface area contributed by atoms with Crippen molar-refractivity contribution in [1.29, 1.82) is 0 Å². The first kappa shape index (κ1) is 16.1. The summed E-state index contributed by atoms with van der Waals surface area (Å²) < 4.78 is 22.2. The molecule has 0 N–H and O–H groups in total. The van der Waals surface area contributed by atoms with Gasteiger partial charge in [-0.15, -0.1) is 0 Å². The molecule has 1 aliphatic heterocycles. The van der Waals surface area contributed by atoms with Gasteiger partial charge in [0.2, 0.25) is 0 Å². The zero-order valence-corrected chi connectivity index (χ0v) is 14.5. The average molecular weight is 364 g/mol. The fourth-order valence-electron chi connectivity index (χ4n) is 3.64. The summed E-state index contributed by atoms with van der Waals surface area (Å²) >= 11 is 0. The number of rotatable bonds is 3. The Balaban J connectivity index is 1.62. The highest BCUT2D eigenvalue weighted by atomic mass is 19.1. The van der Waals surface area contributed by atoms with E-state index in [0.717, 1.165) is 30.6 Å². The van der Waals surface area contributed by atoms with Gasteiger partial charge in [-0.2, -0.15) is 5.10 Å². The van der Waals surface area contributed by atoms with Crippen LogP contribution in [0.3, 0.4) is 0 Å². The largest absolute Gasteiger partial charge is 0.376 e. The Morgan fingerprint density at radius 1 is 1.19 bits per heavy atom. The van der Waals surface area contributed by atoms with Crippen LogP contribution < -0.4 is 5.56 Å². The number of benzene rings is 1. The van der Waals surface area contributed by atoms with Gasteiger partial charge < -0.3 is 9.30 Å². The van der Waals surface area contributed by atoms with Crippen molar-refractivity contribution >= 4 is 16.6 Å². The summed E-state index contributed by atoms with van der Waals surface area (Å²) in [5, 5.41) is 4.92. The van der Waals surface area contributed by atoms with E-state index >= 15 is 0 Å². The molecule has 0 saturated carbocycles. The van der Waals surface area contributed by atoms with Gasteiger partial charge in [0, 0.05) is 24.6 Å². The van der Waals surface area contributed by atoms with Crippen molar-refractivity contribution in [3.05, 3.63) is 65.1 Å². The van der Waals surface area contributed by atoms with E-state index in [2.05, 4.69) is 10.1 Å². The Labute approximate surface area is 153 Å². The molecule has 3 aromatic heterocycles. The van der Waals surface area contributed by atoms with Gasteiger partial charge in [0.25, 0.3) is 5.56 Å². The first-order chi connectivity index (χ1) is 13.2. The Kier molecular flexibility index (Phi) is 3.75. The van der Waals surface area contributed by atoms with Crippen LogP contribution in [-0.4, -0.2) is 31.9 Å². The number of hydrogen-bond donors (Lipinski definition) is 0. The van der Waals surface area contributed by atoms with Gasteiger partial charge in [-0.25, -0.2) is 13.9 Å². The molecule has 4 aromatic rings. The van der Waals surface area contributed by atoms with Crippen LogP contribution >= 0.6 is 0 Å². The molecule has 1 aliphatic rings. The molecule has 6 nitrogen and oxygen atoms in total. The zero-order valence-electron chi connectivity index (χ0n) is 14.5. The van der Waals surface area contributed by atoms with Crippen LogP contribution in [0.4, 0.5) is 4.39 Å². The van der Waals surface area contributed by atoms with Crippen LogP contribution in [0.2, 0.25) is 0 Å². The second-order valence-electron chi connectivity index (χ2n) is 6.77. The molecule has 0 amide bonds. The minimum atomic E-state index is -0.291. The lowest BCUT2D eigenvalue weighted by molar-refractivity contribution is 0.0963. The van der Waals surface area contributed by atoms with Crippen molar-refractivity contribution in [1.82, 2.24) is 19.2 Å². The smallest absolute Gasteiger partial charge is 0.261 e. The topological polar surface area (TPSA) is 61.4 Å². The van der Waals surface area contributed by atoms with Crippen molar-refractivity contribution in [3.63, 3.8) is 0 Å². The van der Waals surface area contributed by atoms with Gasteiger partial charge in [0.1, 0.15) is 5.82 Å². The first-order valence-electron chi connectivity index (χ1n) is 8.94. The van der Waals surface area contributed by atoms with Gasteiger partial charge in [-0.05, 0) is 36.6 Å². The van der Waals surface area contributed by atoms with Crippen LogP contribution in [-0.2, 0) is 11.3 Å². The van der Waals surface area contributed by atoms with E-state index in [1.54, 1.807) is 39.8 Å². The van der Waals surface area contributed by atoms with Gasteiger partial charge in [-0.3, -0.25) is 4.79 Å². The minimum Gasteiger partial charge on any atom is -0.376 e. The van der Waals surface area contributed by atoms with Gasteiger partial charge in [0.05, 0.1) is 29.7 Å². The van der Waals surface area contributed by atoms with E-state index in [9.17, 15) is 9.18 Å². The first-order valence-corrected chi connectivity index (χ1v) is 8.94. The molecule has 0 unspecified atom stereocenters. The molecule has 0 aliphatic carbocycles. The van der Waals surface area contributed by atoms with E-state index in [-0.39, 0.29) is 17.5 Å². The lowest BCUT2D eigenvalue weighted by Crippen LogP contribution is -2.26. The van der Waals surface area contributed by atoms with Gasteiger partial charge in [0.15, 0.2) is 5.65 Å². The molecule has 4 heterocycles. The Bertz CT molecular complexity index is 1190. The molecule has 1 saturated heterocycles. The zero-order chi connectivity index (χ0) is 18.4. The molecule has 7 heteroatoms. The SMILES string of the molecule is O=c1c2cnc3c(-c4ccc(F)cc4)cnn3c2ccn1C[C@H]1CCCO1. The van der Waals surface area contributed by atoms with Crippen LogP contribution in [0.25, 0.3) is 27.7 Å². The van der Waals surface area contributed by atoms with Crippen LogP contribution in [0, 0.1) is 5.82 Å². The van der Waals surface area contributed by atoms with E-state index in [1.807, 2.05) is 6.07 Å². The third-order valence-corrected chi connectivity index (χ3v) is 5.05. The number of pyridine rings is 1.